The fourth-order valence-electron chi connectivity index (χ4n) is 0.804. The van der Waals surface area contributed by atoms with Crippen LogP contribution in [0.5, 0.6) is 0 Å². The van der Waals surface area contributed by atoms with Crippen molar-refractivity contribution in [3.8, 4) is 0 Å². The zero-order valence-corrected chi connectivity index (χ0v) is 8.60. The molecule has 0 unspecified atom stereocenters. The molecule has 3 N–H and O–H groups in total. The molecule has 0 saturated heterocycles. The number of rotatable bonds is 2. The van der Waals surface area contributed by atoms with Gasteiger partial charge in [0.1, 0.15) is 16.5 Å². The molecule has 0 bridgehead atoms. The Morgan fingerprint density at radius 2 is 1.60 bits per heavy atom. The molecule has 0 radical (unpaired) electrons. The van der Waals surface area contributed by atoms with Crippen LogP contribution in [-0.4, -0.2) is 22.1 Å². The van der Waals surface area contributed by atoms with Crippen molar-refractivity contribution in [2.45, 2.75) is 4.90 Å². The average Bonchev–Trinajstić information content (AvgIpc) is 2.00. The quantitative estimate of drug-likeness (QED) is 0.557. The van der Waals surface area contributed by atoms with Gasteiger partial charge >= 0.3 is 9.15 Å². The maximum Gasteiger partial charge on any atom is 0.374 e. The van der Waals surface area contributed by atoms with E-state index in [1.54, 1.807) is 0 Å². The van der Waals surface area contributed by atoms with Crippen molar-refractivity contribution in [3.63, 3.8) is 0 Å². The van der Waals surface area contributed by atoms with Crippen LogP contribution in [0.2, 0.25) is 0 Å². The van der Waals surface area contributed by atoms with Gasteiger partial charge in [0.25, 0.3) is 0 Å². The molecule has 5 nitrogen and oxygen atoms in total. The van der Waals surface area contributed by atoms with Crippen molar-refractivity contribution >= 4 is 18.8 Å². The molecule has 0 fully saturated rings. The maximum atomic E-state index is 13.0. The minimum Gasteiger partial charge on any atom is -0.280 e. The van der Waals surface area contributed by atoms with E-state index in [4.69, 9.17) is 13.7 Å². The Hall–Kier alpha value is -0.740. The topological polar surface area (TPSA) is 94.8 Å². The van der Waals surface area contributed by atoms with Crippen LogP contribution in [0, 0.1) is 11.6 Å². The van der Waals surface area contributed by atoms with E-state index in [9.17, 15) is 17.2 Å². The largest absolute Gasteiger partial charge is 0.374 e. The Morgan fingerprint density at radius 3 is 2.00 bits per heavy atom. The first kappa shape index (κ1) is 12.3. The maximum absolute atomic E-state index is 13.0. The second-order valence-electron chi connectivity index (χ2n) is 2.50. The van der Waals surface area contributed by atoms with Crippen molar-refractivity contribution in [1.29, 1.82) is 0 Å². The first-order valence-electron chi connectivity index (χ1n) is 3.37. The zero-order chi connectivity index (χ0) is 11.9. The van der Waals surface area contributed by atoms with E-state index in [0.717, 1.165) is 0 Å². The van der Waals surface area contributed by atoms with Crippen molar-refractivity contribution in [2.24, 2.45) is 0 Å². The molecule has 0 atom stereocenters. The molecule has 0 saturated carbocycles. The van der Waals surface area contributed by atoms with Crippen molar-refractivity contribution in [1.82, 2.24) is 0 Å². The monoisotopic (exact) mass is 260 g/mol. The van der Waals surface area contributed by atoms with Crippen LogP contribution in [0.3, 0.4) is 0 Å². The third-order valence-corrected chi connectivity index (χ3v) is 5.27. The Balaban J connectivity index is 3.41. The van der Waals surface area contributed by atoms with Gasteiger partial charge in [-0.1, -0.05) is 0 Å². The fourth-order valence-corrected chi connectivity index (χ4v) is 2.68. The normalized spacial score (nSPS) is 13.9. The summed E-state index contributed by atoms with van der Waals surface area (Å²) in [5.41, 5.74) is 0. The van der Waals surface area contributed by atoms with E-state index in [0.29, 0.717) is 12.1 Å². The van der Waals surface area contributed by atoms with Crippen LogP contribution >= 0.6 is 9.62 Å². The molecule has 0 aromatic heterocycles. The molecule has 15 heavy (non-hydrogen) atoms. The zero-order valence-electron chi connectivity index (χ0n) is 6.96. The predicted octanol–water partition coefficient (Wildman–Crippen LogP) is 1.88. The second kappa shape index (κ2) is 3.68. The molecule has 0 aliphatic heterocycles. The van der Waals surface area contributed by atoms with Gasteiger partial charge in [0, 0.05) is 6.07 Å². The minimum absolute atomic E-state index is 0.273. The third kappa shape index (κ3) is 2.26. The van der Waals surface area contributed by atoms with Gasteiger partial charge in [-0.2, -0.15) is 8.42 Å². The highest BCUT2D eigenvalue weighted by atomic mass is 33.2. The minimum atomic E-state index is -5.26. The van der Waals surface area contributed by atoms with Crippen LogP contribution in [0.15, 0.2) is 23.1 Å². The molecular weight excluding hydrogens is 254 g/mol. The van der Waals surface area contributed by atoms with E-state index in [-0.39, 0.29) is 6.07 Å². The van der Waals surface area contributed by atoms with Gasteiger partial charge in [0.05, 0.1) is 0 Å². The lowest BCUT2D eigenvalue weighted by atomic mass is 10.3. The fraction of sp³-hybridized carbons (Fsp3) is 0. The number of hydrogen-bond donors (Lipinski definition) is 3. The first-order chi connectivity index (χ1) is 6.66. The summed E-state index contributed by atoms with van der Waals surface area (Å²) in [6, 6.07) is 1.44. The summed E-state index contributed by atoms with van der Waals surface area (Å²) >= 11 is 0. The second-order valence-corrected chi connectivity index (χ2v) is 7.45. The molecule has 1 aromatic carbocycles. The molecule has 86 valence electrons. The van der Waals surface area contributed by atoms with Gasteiger partial charge in [0.2, 0.25) is 0 Å². The van der Waals surface area contributed by atoms with Crippen LogP contribution in [0.4, 0.5) is 8.78 Å². The van der Waals surface area contributed by atoms with E-state index in [1.807, 2.05) is 0 Å². The highest BCUT2D eigenvalue weighted by Gasteiger charge is 2.33. The van der Waals surface area contributed by atoms with Crippen LogP contribution < -0.4 is 0 Å². The Labute approximate surface area is 84.9 Å². The summed E-state index contributed by atoms with van der Waals surface area (Å²) in [6.07, 6.45) is 0. The lowest BCUT2D eigenvalue weighted by molar-refractivity contribution is 0.455. The van der Waals surface area contributed by atoms with E-state index in [1.165, 1.54) is 0 Å². The predicted molar refractivity (Wildman–Crippen MR) is 49.0 cm³/mol. The summed E-state index contributed by atoms with van der Waals surface area (Å²) < 4.78 is 72.9. The van der Waals surface area contributed by atoms with Crippen LogP contribution in [-0.2, 0) is 9.15 Å². The molecule has 1 aromatic rings. The SMILES string of the molecule is O=S(=O)(O)S(O)(O)c1ccc(F)cc1F. The summed E-state index contributed by atoms with van der Waals surface area (Å²) in [7, 11) is -10.00. The average molecular weight is 260 g/mol. The Morgan fingerprint density at radius 1 is 1.07 bits per heavy atom. The van der Waals surface area contributed by atoms with Gasteiger partial charge in [0.15, 0.2) is 0 Å². The molecule has 0 aliphatic carbocycles. The Bertz CT molecular complexity index is 484. The van der Waals surface area contributed by atoms with Gasteiger partial charge in [-0.25, -0.2) is 8.78 Å². The molecule has 0 amide bonds. The number of halogens is 2. The third-order valence-electron chi connectivity index (χ3n) is 1.47. The number of benzene rings is 1. The Kier molecular flexibility index (Phi) is 3.03. The molecular formula is C6H6F2O5S2. The van der Waals surface area contributed by atoms with Crippen molar-refractivity contribution in [2.75, 3.05) is 0 Å². The highest BCUT2D eigenvalue weighted by Crippen LogP contribution is 2.53. The van der Waals surface area contributed by atoms with Crippen LogP contribution in [0.1, 0.15) is 0 Å². The van der Waals surface area contributed by atoms with E-state index < -0.39 is 35.3 Å². The van der Waals surface area contributed by atoms with Crippen molar-refractivity contribution < 1.29 is 30.9 Å². The van der Waals surface area contributed by atoms with E-state index in [2.05, 4.69) is 0 Å². The van der Waals surface area contributed by atoms with E-state index >= 15 is 0 Å². The van der Waals surface area contributed by atoms with Gasteiger partial charge in [-0.15, -0.1) is 0 Å². The van der Waals surface area contributed by atoms with Gasteiger partial charge in [-0.05, 0) is 21.8 Å². The summed E-state index contributed by atoms with van der Waals surface area (Å²) in [5, 5.41) is 0. The standard InChI is InChI=1S/C6H6F2O5S2/c7-4-1-2-6(5(8)3-4)14(9,10)15(11,12)13/h1-3,9-10H,(H,11,12,13). The summed E-state index contributed by atoms with van der Waals surface area (Å²) in [6.45, 7) is 0. The lowest BCUT2D eigenvalue weighted by Gasteiger charge is -2.27. The molecule has 1 rings (SSSR count). The van der Waals surface area contributed by atoms with Crippen LogP contribution in [0.25, 0.3) is 0 Å². The van der Waals surface area contributed by atoms with Crippen molar-refractivity contribution in [3.05, 3.63) is 29.8 Å². The smallest absolute Gasteiger partial charge is 0.280 e. The van der Waals surface area contributed by atoms with Gasteiger partial charge in [-0.3, -0.25) is 13.7 Å². The number of hydrogen-bond acceptors (Lipinski definition) is 4. The molecule has 0 aliphatic rings. The first-order valence-corrected chi connectivity index (χ1v) is 6.87. The highest BCUT2D eigenvalue weighted by molar-refractivity contribution is 8.83. The molecule has 0 spiro atoms. The van der Waals surface area contributed by atoms with Gasteiger partial charge < -0.3 is 0 Å². The summed E-state index contributed by atoms with van der Waals surface area (Å²) in [4.78, 5) is -1.08. The molecule has 0 heterocycles. The lowest BCUT2D eigenvalue weighted by Crippen LogP contribution is -2.12. The summed E-state index contributed by atoms with van der Waals surface area (Å²) in [5.74, 6) is -2.48. The molecule has 9 heteroatoms.